The maximum Gasteiger partial charge on any atom is 0.418 e. The lowest BCUT2D eigenvalue weighted by Crippen LogP contribution is -2.39. The Morgan fingerprint density at radius 2 is 1.68 bits per heavy atom. The molecule has 0 atom stereocenters. The molecule has 0 spiro atoms. The largest absolute Gasteiger partial charge is 0.418 e. The summed E-state index contributed by atoms with van der Waals surface area (Å²) in [4.78, 5) is 6.11. The zero-order valence-electron chi connectivity index (χ0n) is 15.0. The maximum atomic E-state index is 13.2. The highest BCUT2D eigenvalue weighted by atomic mass is 19.4. The van der Waals surface area contributed by atoms with E-state index in [1.807, 2.05) is 29.2 Å². The normalized spacial score (nSPS) is 15.8. The van der Waals surface area contributed by atoms with Gasteiger partial charge in [-0.15, -0.1) is 0 Å². The molecule has 4 nitrogen and oxygen atoms in total. The SMILES string of the molecule is [O]c1nc2ccccc2cc1N1CCC(Nc2ccccc2C(F)(F)F)CC1. The van der Waals surface area contributed by atoms with Crippen LogP contribution < -0.4 is 10.2 Å². The number of hydrogen-bond acceptors (Lipinski definition) is 3. The fourth-order valence-corrected chi connectivity index (χ4v) is 3.65. The lowest BCUT2D eigenvalue weighted by molar-refractivity contribution is -0.137. The van der Waals surface area contributed by atoms with Gasteiger partial charge in [-0.3, -0.25) is 5.11 Å². The Labute approximate surface area is 160 Å². The number of para-hydroxylation sites is 2. The van der Waals surface area contributed by atoms with Gasteiger partial charge >= 0.3 is 6.18 Å². The summed E-state index contributed by atoms with van der Waals surface area (Å²) in [5.41, 5.74) is 0.660. The maximum absolute atomic E-state index is 13.2. The van der Waals surface area contributed by atoms with Gasteiger partial charge < -0.3 is 10.2 Å². The van der Waals surface area contributed by atoms with Gasteiger partial charge in [0.05, 0.1) is 11.1 Å². The third-order valence-electron chi connectivity index (χ3n) is 5.10. The highest BCUT2D eigenvalue weighted by Crippen LogP contribution is 2.36. The van der Waals surface area contributed by atoms with Crippen LogP contribution in [0.25, 0.3) is 10.9 Å². The van der Waals surface area contributed by atoms with Crippen molar-refractivity contribution in [2.45, 2.75) is 25.1 Å². The Bertz CT molecular complexity index is 982. The van der Waals surface area contributed by atoms with Crippen LogP contribution in [0.5, 0.6) is 5.88 Å². The molecule has 0 aliphatic carbocycles. The van der Waals surface area contributed by atoms with Crippen molar-refractivity contribution in [1.29, 1.82) is 0 Å². The van der Waals surface area contributed by atoms with Crippen LogP contribution in [-0.2, 0) is 11.3 Å². The minimum Gasteiger partial charge on any atom is -0.382 e. The molecule has 1 aliphatic heterocycles. The van der Waals surface area contributed by atoms with E-state index in [1.165, 1.54) is 12.1 Å². The molecule has 1 aromatic heterocycles. The zero-order valence-corrected chi connectivity index (χ0v) is 15.0. The molecule has 28 heavy (non-hydrogen) atoms. The van der Waals surface area contributed by atoms with Crippen molar-refractivity contribution < 1.29 is 18.3 Å². The topological polar surface area (TPSA) is 48.1 Å². The predicted octanol–water partition coefficient (Wildman–Crippen LogP) is 5.48. The van der Waals surface area contributed by atoms with Crippen LogP contribution in [0.15, 0.2) is 54.6 Å². The minimum absolute atomic E-state index is 0.0803. The fraction of sp³-hybridized carbons (Fsp3) is 0.286. The van der Waals surface area contributed by atoms with Crippen LogP contribution in [0.4, 0.5) is 24.5 Å². The Kier molecular flexibility index (Phi) is 4.75. The summed E-state index contributed by atoms with van der Waals surface area (Å²) in [5, 5.41) is 16.3. The molecule has 0 unspecified atom stereocenters. The summed E-state index contributed by atoms with van der Waals surface area (Å²) < 4.78 is 39.5. The molecule has 0 bridgehead atoms. The molecule has 1 N–H and O–H groups in total. The Morgan fingerprint density at radius 3 is 2.43 bits per heavy atom. The summed E-state index contributed by atoms with van der Waals surface area (Å²) in [5.74, 6) is -0.271. The number of nitrogens with one attached hydrogen (secondary N) is 1. The van der Waals surface area contributed by atoms with E-state index in [0.717, 1.165) is 11.5 Å². The van der Waals surface area contributed by atoms with E-state index in [4.69, 9.17) is 0 Å². The monoisotopic (exact) mass is 386 g/mol. The molecule has 2 aromatic carbocycles. The molecule has 0 amide bonds. The number of halogens is 3. The minimum atomic E-state index is -4.39. The second-order valence-corrected chi connectivity index (χ2v) is 6.95. The predicted molar refractivity (Wildman–Crippen MR) is 102 cm³/mol. The molecular weight excluding hydrogens is 367 g/mol. The summed E-state index contributed by atoms with van der Waals surface area (Å²) in [6, 6.07) is 14.7. The first-order valence-corrected chi connectivity index (χ1v) is 9.16. The van der Waals surface area contributed by atoms with E-state index in [2.05, 4.69) is 10.3 Å². The van der Waals surface area contributed by atoms with Crippen LogP contribution in [-0.4, -0.2) is 24.1 Å². The summed E-state index contributed by atoms with van der Waals surface area (Å²) >= 11 is 0. The van der Waals surface area contributed by atoms with Crippen LogP contribution in [0.1, 0.15) is 18.4 Å². The van der Waals surface area contributed by atoms with E-state index >= 15 is 0 Å². The van der Waals surface area contributed by atoms with E-state index in [9.17, 15) is 18.3 Å². The first-order valence-electron chi connectivity index (χ1n) is 9.16. The summed E-state index contributed by atoms with van der Waals surface area (Å²) in [6.07, 6.45) is -3.12. The number of alkyl halides is 3. The molecule has 1 fully saturated rings. The van der Waals surface area contributed by atoms with Crippen molar-refractivity contribution >= 4 is 22.3 Å². The number of hydrogen-bond donors (Lipinski definition) is 1. The number of piperidine rings is 1. The number of benzene rings is 2. The molecule has 7 heteroatoms. The van der Waals surface area contributed by atoms with Gasteiger partial charge in [-0.25, -0.2) is 4.98 Å². The number of aromatic nitrogens is 1. The number of pyridine rings is 1. The molecule has 1 saturated heterocycles. The Morgan fingerprint density at radius 1 is 1.00 bits per heavy atom. The van der Waals surface area contributed by atoms with Crippen LogP contribution in [0.3, 0.4) is 0 Å². The number of nitrogens with zero attached hydrogens (tertiary/aromatic N) is 2. The summed E-state index contributed by atoms with van der Waals surface area (Å²) in [6.45, 7) is 1.17. The van der Waals surface area contributed by atoms with Crippen LogP contribution in [0, 0.1) is 0 Å². The molecule has 1 radical (unpaired) electrons. The zero-order chi connectivity index (χ0) is 19.7. The van der Waals surface area contributed by atoms with Gasteiger partial charge in [0.15, 0.2) is 0 Å². The molecule has 0 saturated carbocycles. The van der Waals surface area contributed by atoms with E-state index in [-0.39, 0.29) is 17.6 Å². The van der Waals surface area contributed by atoms with Crippen LogP contribution >= 0.6 is 0 Å². The number of fused-ring (bicyclic) bond motifs is 1. The number of anilines is 2. The van der Waals surface area contributed by atoms with Gasteiger partial charge in [0, 0.05) is 30.2 Å². The molecule has 4 rings (SSSR count). The van der Waals surface area contributed by atoms with Crippen LogP contribution in [0.2, 0.25) is 0 Å². The van der Waals surface area contributed by atoms with Crippen molar-refractivity contribution in [1.82, 2.24) is 4.98 Å². The smallest absolute Gasteiger partial charge is 0.382 e. The van der Waals surface area contributed by atoms with Gasteiger partial charge in [0.2, 0.25) is 0 Å². The molecule has 2 heterocycles. The van der Waals surface area contributed by atoms with Crippen molar-refractivity contribution in [3.8, 4) is 5.88 Å². The Balaban J connectivity index is 1.47. The second kappa shape index (κ2) is 7.22. The number of rotatable bonds is 3. The fourth-order valence-electron chi connectivity index (χ4n) is 3.65. The average Bonchev–Trinajstić information content (AvgIpc) is 2.68. The lowest BCUT2D eigenvalue weighted by atomic mass is 10.0. The lowest BCUT2D eigenvalue weighted by Gasteiger charge is -2.34. The van der Waals surface area contributed by atoms with Gasteiger partial charge in [0.25, 0.3) is 5.88 Å². The van der Waals surface area contributed by atoms with Crippen molar-refractivity contribution in [3.63, 3.8) is 0 Å². The third-order valence-corrected chi connectivity index (χ3v) is 5.10. The molecular formula is C21H19F3N3O. The van der Waals surface area contributed by atoms with Gasteiger partial charge in [-0.1, -0.05) is 30.3 Å². The van der Waals surface area contributed by atoms with Crippen molar-refractivity contribution in [2.24, 2.45) is 0 Å². The standard InChI is InChI=1S/C21H19F3N3O/c22-21(23,24)16-6-2-4-8-18(16)25-15-9-11-27(12-10-15)19-13-14-5-1-3-7-17(14)26-20(19)28/h1-8,13,15,25H,9-12H2. The first-order chi connectivity index (χ1) is 13.4. The second-order valence-electron chi connectivity index (χ2n) is 6.95. The molecule has 1 aliphatic rings. The van der Waals surface area contributed by atoms with Crippen molar-refractivity contribution in [2.75, 3.05) is 23.3 Å². The van der Waals surface area contributed by atoms with Gasteiger partial charge in [0.1, 0.15) is 5.69 Å². The Hall–Kier alpha value is -2.96. The quantitative estimate of drug-likeness (QED) is 0.649. The highest BCUT2D eigenvalue weighted by molar-refractivity contribution is 5.84. The molecule has 3 aromatic rings. The third kappa shape index (κ3) is 3.69. The van der Waals surface area contributed by atoms with E-state index < -0.39 is 11.7 Å². The van der Waals surface area contributed by atoms with E-state index in [0.29, 0.717) is 37.1 Å². The first kappa shape index (κ1) is 18.4. The van der Waals surface area contributed by atoms with Crippen molar-refractivity contribution in [3.05, 3.63) is 60.2 Å². The summed E-state index contributed by atoms with van der Waals surface area (Å²) in [7, 11) is 0. The average molecular weight is 386 g/mol. The van der Waals surface area contributed by atoms with E-state index in [1.54, 1.807) is 12.1 Å². The van der Waals surface area contributed by atoms with Gasteiger partial charge in [-0.2, -0.15) is 13.2 Å². The molecule has 145 valence electrons. The van der Waals surface area contributed by atoms with Gasteiger partial charge in [-0.05, 0) is 37.1 Å². The highest BCUT2D eigenvalue weighted by Gasteiger charge is 2.34.